The molecule has 0 radical (unpaired) electrons. The van der Waals surface area contributed by atoms with Crippen molar-refractivity contribution in [3.63, 3.8) is 0 Å². The van der Waals surface area contributed by atoms with Crippen molar-refractivity contribution >= 4 is 11.5 Å². The number of anilines is 1. The molecule has 0 saturated carbocycles. The molecule has 0 saturated heterocycles. The van der Waals surface area contributed by atoms with E-state index >= 15 is 0 Å². The van der Waals surface area contributed by atoms with E-state index in [1.54, 1.807) is 6.07 Å². The number of nitrogens with zero attached hydrogens (tertiary/aromatic N) is 2. The average Bonchev–Trinajstić information content (AvgIpc) is 2.34. The summed E-state index contributed by atoms with van der Waals surface area (Å²) in [7, 11) is 1.91. The second-order valence-electron chi connectivity index (χ2n) is 3.95. The number of oxime groups is 1. The van der Waals surface area contributed by atoms with Crippen LogP contribution in [-0.4, -0.2) is 24.6 Å². The van der Waals surface area contributed by atoms with Gasteiger partial charge in [-0.2, -0.15) is 0 Å². The molecule has 1 aromatic carbocycles. The van der Waals surface area contributed by atoms with Crippen molar-refractivity contribution in [2.75, 3.05) is 18.5 Å². The van der Waals surface area contributed by atoms with E-state index in [0.717, 1.165) is 25.1 Å². The molecule has 0 aliphatic rings. The summed E-state index contributed by atoms with van der Waals surface area (Å²) in [5.74, 6) is 0.0180. The smallest absolute Gasteiger partial charge is 0.139 e. The molecular weight excluding hydrogens is 221 g/mol. The summed E-state index contributed by atoms with van der Waals surface area (Å²) in [6, 6.07) is 6.49. The van der Waals surface area contributed by atoms with Crippen molar-refractivity contribution in [1.29, 1.82) is 0 Å². The molecule has 1 rings (SSSR count). The van der Waals surface area contributed by atoms with Gasteiger partial charge in [-0.15, -0.1) is 0 Å². The Morgan fingerprint density at radius 1 is 1.47 bits per heavy atom. The van der Waals surface area contributed by atoms with Crippen molar-refractivity contribution in [2.45, 2.75) is 19.3 Å². The molecular formula is C12H18FN3O. The molecule has 0 unspecified atom stereocenters. The maximum Gasteiger partial charge on any atom is 0.139 e. The fourth-order valence-corrected chi connectivity index (χ4v) is 1.55. The summed E-state index contributed by atoms with van der Waals surface area (Å²) in [4.78, 5) is 1.98. The summed E-state index contributed by atoms with van der Waals surface area (Å²) >= 11 is 0. The van der Waals surface area contributed by atoms with Crippen LogP contribution in [0.2, 0.25) is 0 Å². The lowest BCUT2D eigenvalue weighted by molar-refractivity contribution is 0.316. The van der Waals surface area contributed by atoms with E-state index in [1.165, 1.54) is 12.1 Å². The van der Waals surface area contributed by atoms with Gasteiger partial charge in [0.1, 0.15) is 11.7 Å². The van der Waals surface area contributed by atoms with E-state index in [2.05, 4.69) is 5.16 Å². The average molecular weight is 239 g/mol. The second-order valence-corrected chi connectivity index (χ2v) is 3.95. The largest absolute Gasteiger partial charge is 0.409 e. The summed E-state index contributed by atoms with van der Waals surface area (Å²) in [5, 5.41) is 11.3. The third-order valence-electron chi connectivity index (χ3n) is 2.55. The van der Waals surface area contributed by atoms with Crippen LogP contribution in [0.5, 0.6) is 0 Å². The number of halogens is 1. The number of nitrogens with two attached hydrogens (primary N) is 1. The van der Waals surface area contributed by atoms with Gasteiger partial charge in [-0.25, -0.2) is 4.39 Å². The molecule has 0 fully saturated rings. The van der Waals surface area contributed by atoms with Crippen molar-refractivity contribution in [3.05, 3.63) is 30.1 Å². The van der Waals surface area contributed by atoms with Gasteiger partial charge < -0.3 is 15.8 Å². The van der Waals surface area contributed by atoms with Crippen LogP contribution in [0.1, 0.15) is 19.3 Å². The Labute approximate surface area is 101 Å². The molecule has 0 aliphatic carbocycles. The number of hydrogen-bond acceptors (Lipinski definition) is 3. The van der Waals surface area contributed by atoms with Crippen LogP contribution in [0.15, 0.2) is 29.4 Å². The first-order valence-electron chi connectivity index (χ1n) is 5.56. The lowest BCUT2D eigenvalue weighted by atomic mass is 10.2. The Bertz CT molecular complexity index is 382. The van der Waals surface area contributed by atoms with E-state index in [9.17, 15) is 4.39 Å². The van der Waals surface area contributed by atoms with Crippen LogP contribution < -0.4 is 10.6 Å². The van der Waals surface area contributed by atoms with E-state index in [1.807, 2.05) is 18.0 Å². The maximum atomic E-state index is 13.0. The van der Waals surface area contributed by atoms with Crippen molar-refractivity contribution < 1.29 is 9.60 Å². The Balaban J connectivity index is 2.32. The molecule has 4 nitrogen and oxygen atoms in total. The van der Waals surface area contributed by atoms with Gasteiger partial charge in [-0.05, 0) is 31.0 Å². The van der Waals surface area contributed by atoms with Gasteiger partial charge in [0.05, 0.1) is 0 Å². The van der Waals surface area contributed by atoms with E-state index in [-0.39, 0.29) is 11.7 Å². The van der Waals surface area contributed by atoms with Gasteiger partial charge in [0.2, 0.25) is 0 Å². The van der Waals surface area contributed by atoms with Crippen molar-refractivity contribution in [2.24, 2.45) is 10.9 Å². The zero-order valence-electron chi connectivity index (χ0n) is 9.93. The first-order valence-corrected chi connectivity index (χ1v) is 5.56. The minimum atomic E-state index is -0.231. The van der Waals surface area contributed by atoms with E-state index in [4.69, 9.17) is 10.9 Å². The molecule has 17 heavy (non-hydrogen) atoms. The molecule has 0 bridgehead atoms. The number of rotatable bonds is 6. The molecule has 0 amide bonds. The quantitative estimate of drug-likeness (QED) is 0.263. The summed E-state index contributed by atoms with van der Waals surface area (Å²) in [6.45, 7) is 0.808. The molecule has 94 valence electrons. The predicted molar refractivity (Wildman–Crippen MR) is 66.9 cm³/mol. The zero-order chi connectivity index (χ0) is 12.7. The lowest BCUT2D eigenvalue weighted by Crippen LogP contribution is -2.19. The van der Waals surface area contributed by atoms with E-state index < -0.39 is 0 Å². The molecule has 0 aliphatic heterocycles. The van der Waals surface area contributed by atoms with Crippen molar-refractivity contribution in [1.82, 2.24) is 0 Å². The van der Waals surface area contributed by atoms with E-state index in [0.29, 0.717) is 6.42 Å². The highest BCUT2D eigenvalue weighted by atomic mass is 19.1. The molecule has 0 heterocycles. The summed E-state index contributed by atoms with van der Waals surface area (Å²) < 4.78 is 13.0. The topological polar surface area (TPSA) is 61.8 Å². The zero-order valence-corrected chi connectivity index (χ0v) is 9.93. The van der Waals surface area contributed by atoms with Crippen LogP contribution in [0.4, 0.5) is 10.1 Å². The SMILES string of the molecule is CN(CCCCC(N)=NO)c1cccc(F)c1. The molecule has 0 atom stereocenters. The number of unbranched alkanes of at least 4 members (excludes halogenated alkanes) is 1. The molecule has 0 aromatic heterocycles. The second kappa shape index (κ2) is 6.73. The summed E-state index contributed by atoms with van der Waals surface area (Å²) in [6.07, 6.45) is 2.33. The van der Waals surface area contributed by atoms with Gasteiger partial charge in [0, 0.05) is 25.7 Å². The first kappa shape index (κ1) is 13.3. The van der Waals surface area contributed by atoms with Crippen LogP contribution >= 0.6 is 0 Å². The van der Waals surface area contributed by atoms with Crippen LogP contribution in [0.3, 0.4) is 0 Å². The van der Waals surface area contributed by atoms with Crippen LogP contribution in [-0.2, 0) is 0 Å². The highest BCUT2D eigenvalue weighted by Crippen LogP contribution is 2.14. The molecule has 5 heteroatoms. The normalized spacial score (nSPS) is 11.5. The van der Waals surface area contributed by atoms with Gasteiger partial charge in [-0.3, -0.25) is 0 Å². The minimum Gasteiger partial charge on any atom is -0.409 e. The summed E-state index contributed by atoms with van der Waals surface area (Å²) in [5.41, 5.74) is 6.21. The third-order valence-corrected chi connectivity index (χ3v) is 2.55. The Morgan fingerprint density at radius 3 is 2.88 bits per heavy atom. The predicted octanol–water partition coefficient (Wildman–Crippen LogP) is 2.18. The highest BCUT2D eigenvalue weighted by molar-refractivity contribution is 5.79. The first-order chi connectivity index (χ1) is 8.13. The minimum absolute atomic E-state index is 0.231. The molecule has 1 aromatic rings. The molecule has 0 spiro atoms. The van der Waals surface area contributed by atoms with Crippen LogP contribution in [0.25, 0.3) is 0 Å². The standard InChI is InChI=1S/C12H18FN3O/c1-16(8-3-2-7-12(14)15-17)11-6-4-5-10(13)9-11/h4-6,9,17H,2-3,7-8H2,1H3,(H2,14,15). The Hall–Kier alpha value is -1.78. The van der Waals surface area contributed by atoms with Crippen LogP contribution in [0, 0.1) is 5.82 Å². The number of hydrogen-bond donors (Lipinski definition) is 2. The van der Waals surface area contributed by atoms with Crippen molar-refractivity contribution in [3.8, 4) is 0 Å². The molecule has 3 N–H and O–H groups in total. The lowest BCUT2D eigenvalue weighted by Gasteiger charge is -2.19. The monoisotopic (exact) mass is 239 g/mol. The number of amidine groups is 1. The Kier molecular flexibility index (Phi) is 5.26. The van der Waals surface area contributed by atoms with Gasteiger partial charge in [0.25, 0.3) is 0 Å². The van der Waals surface area contributed by atoms with Gasteiger partial charge in [0.15, 0.2) is 0 Å². The van der Waals surface area contributed by atoms with Gasteiger partial charge in [-0.1, -0.05) is 11.2 Å². The highest BCUT2D eigenvalue weighted by Gasteiger charge is 2.02. The third kappa shape index (κ3) is 4.72. The Morgan fingerprint density at radius 2 is 2.24 bits per heavy atom. The fraction of sp³-hybridized carbons (Fsp3) is 0.417. The fourth-order valence-electron chi connectivity index (χ4n) is 1.55. The van der Waals surface area contributed by atoms with Gasteiger partial charge >= 0.3 is 0 Å². The maximum absolute atomic E-state index is 13.0. The number of benzene rings is 1.